The van der Waals surface area contributed by atoms with Crippen LogP contribution in [-0.2, 0) is 6.42 Å². The minimum Gasteiger partial charge on any atom is -0.494 e. The van der Waals surface area contributed by atoms with Crippen LogP contribution < -0.4 is 15.4 Å². The van der Waals surface area contributed by atoms with Crippen molar-refractivity contribution >= 4 is 11.7 Å². The van der Waals surface area contributed by atoms with Crippen molar-refractivity contribution in [3.63, 3.8) is 0 Å². The van der Waals surface area contributed by atoms with Crippen molar-refractivity contribution in [2.45, 2.75) is 39.5 Å². The van der Waals surface area contributed by atoms with Gasteiger partial charge in [0.25, 0.3) is 0 Å². The molecule has 0 aliphatic carbocycles. The van der Waals surface area contributed by atoms with Crippen LogP contribution in [-0.4, -0.2) is 24.3 Å². The van der Waals surface area contributed by atoms with Crippen molar-refractivity contribution in [3.05, 3.63) is 41.8 Å². The Morgan fingerprint density at radius 2 is 2.04 bits per heavy atom. The molecule has 0 aliphatic heterocycles. The van der Waals surface area contributed by atoms with Crippen molar-refractivity contribution in [2.24, 2.45) is 0 Å². The molecule has 1 aromatic carbocycles. The Morgan fingerprint density at radius 3 is 2.71 bits per heavy atom. The molecule has 0 fully saturated rings. The molecule has 1 aromatic heterocycles. The average Bonchev–Trinajstić information content (AvgIpc) is 2.99. The van der Waals surface area contributed by atoms with E-state index in [4.69, 9.17) is 9.26 Å². The molecular formula is C18H25N3O3. The van der Waals surface area contributed by atoms with Crippen molar-refractivity contribution in [2.75, 3.05) is 18.5 Å². The van der Waals surface area contributed by atoms with Crippen LogP contribution >= 0.6 is 0 Å². The number of aryl methyl sites for hydroxylation is 2. The first-order valence-electron chi connectivity index (χ1n) is 8.37. The van der Waals surface area contributed by atoms with E-state index in [1.54, 1.807) is 0 Å². The van der Waals surface area contributed by atoms with Gasteiger partial charge in [-0.25, -0.2) is 4.79 Å². The standard InChI is InChI=1S/C18H25N3O3/c1-3-4-12-23-16-9-7-15(8-10-16)20-18(22)19-11-5-6-17-13-14(2)21-24-17/h7-10,13H,3-6,11-12H2,1-2H3,(H2,19,20,22). The molecule has 0 spiro atoms. The predicted octanol–water partition coefficient (Wildman–Crippen LogP) is 3.92. The average molecular weight is 331 g/mol. The summed E-state index contributed by atoms with van der Waals surface area (Å²) in [6.07, 6.45) is 3.70. The van der Waals surface area contributed by atoms with Gasteiger partial charge in [-0.2, -0.15) is 0 Å². The molecule has 1 heterocycles. The van der Waals surface area contributed by atoms with Crippen molar-refractivity contribution in [3.8, 4) is 5.75 Å². The summed E-state index contributed by atoms with van der Waals surface area (Å²) in [7, 11) is 0. The summed E-state index contributed by atoms with van der Waals surface area (Å²) in [5.74, 6) is 1.66. The summed E-state index contributed by atoms with van der Waals surface area (Å²) < 4.78 is 10.7. The summed E-state index contributed by atoms with van der Waals surface area (Å²) in [5.41, 5.74) is 1.61. The van der Waals surface area contributed by atoms with E-state index in [0.717, 1.165) is 48.6 Å². The van der Waals surface area contributed by atoms with Gasteiger partial charge < -0.3 is 19.9 Å². The maximum Gasteiger partial charge on any atom is 0.319 e. The molecule has 0 bridgehead atoms. The first-order valence-corrected chi connectivity index (χ1v) is 8.37. The topological polar surface area (TPSA) is 76.4 Å². The number of anilines is 1. The summed E-state index contributed by atoms with van der Waals surface area (Å²) in [6.45, 7) is 5.30. The number of carbonyl (C=O) groups is 1. The number of amides is 2. The molecule has 6 nitrogen and oxygen atoms in total. The third kappa shape index (κ3) is 6.32. The number of rotatable bonds is 9. The van der Waals surface area contributed by atoms with Crippen molar-refractivity contribution in [1.29, 1.82) is 0 Å². The van der Waals surface area contributed by atoms with E-state index in [0.29, 0.717) is 13.2 Å². The van der Waals surface area contributed by atoms with Crippen LogP contribution in [0.5, 0.6) is 5.75 Å². The maximum atomic E-state index is 11.8. The van der Waals surface area contributed by atoms with Gasteiger partial charge in [0.1, 0.15) is 11.5 Å². The van der Waals surface area contributed by atoms with E-state index in [9.17, 15) is 4.79 Å². The number of nitrogens with zero attached hydrogens (tertiary/aromatic N) is 1. The number of nitrogens with one attached hydrogen (secondary N) is 2. The number of urea groups is 1. The summed E-state index contributed by atoms with van der Waals surface area (Å²) in [6, 6.07) is 9.07. The number of hydrogen-bond acceptors (Lipinski definition) is 4. The zero-order valence-corrected chi connectivity index (χ0v) is 14.3. The second-order valence-corrected chi connectivity index (χ2v) is 5.65. The van der Waals surface area contributed by atoms with Gasteiger partial charge in [0.2, 0.25) is 0 Å². The predicted molar refractivity (Wildman–Crippen MR) is 93.4 cm³/mol. The smallest absolute Gasteiger partial charge is 0.319 e. The quantitative estimate of drug-likeness (QED) is 0.683. The highest BCUT2D eigenvalue weighted by atomic mass is 16.5. The Bertz CT molecular complexity index is 623. The molecule has 0 saturated heterocycles. The monoisotopic (exact) mass is 331 g/mol. The van der Waals surface area contributed by atoms with Gasteiger partial charge in [0, 0.05) is 24.7 Å². The number of ether oxygens (including phenoxy) is 1. The molecule has 0 saturated carbocycles. The molecule has 0 atom stereocenters. The first kappa shape index (κ1) is 17.8. The summed E-state index contributed by atoms with van der Waals surface area (Å²) in [4.78, 5) is 11.8. The molecule has 0 unspecified atom stereocenters. The van der Waals surface area contributed by atoms with E-state index in [1.807, 2.05) is 37.3 Å². The number of aromatic nitrogens is 1. The largest absolute Gasteiger partial charge is 0.494 e. The lowest BCUT2D eigenvalue weighted by molar-refractivity contribution is 0.252. The van der Waals surface area contributed by atoms with Crippen LogP contribution in [0.15, 0.2) is 34.9 Å². The fraction of sp³-hybridized carbons (Fsp3) is 0.444. The van der Waals surface area contributed by atoms with E-state index < -0.39 is 0 Å². The van der Waals surface area contributed by atoms with Crippen LogP contribution in [0.4, 0.5) is 10.5 Å². The zero-order valence-electron chi connectivity index (χ0n) is 14.3. The first-order chi connectivity index (χ1) is 11.7. The zero-order chi connectivity index (χ0) is 17.2. The third-order valence-electron chi connectivity index (χ3n) is 3.44. The molecule has 2 amide bonds. The van der Waals surface area contributed by atoms with Crippen LogP contribution in [0.1, 0.15) is 37.6 Å². The highest BCUT2D eigenvalue weighted by molar-refractivity contribution is 5.89. The molecule has 2 N–H and O–H groups in total. The highest BCUT2D eigenvalue weighted by Crippen LogP contribution is 2.16. The Labute approximate surface area is 142 Å². The lowest BCUT2D eigenvalue weighted by Gasteiger charge is -2.09. The molecule has 130 valence electrons. The van der Waals surface area contributed by atoms with E-state index >= 15 is 0 Å². The fourth-order valence-corrected chi connectivity index (χ4v) is 2.14. The van der Waals surface area contributed by atoms with Crippen LogP contribution in [0.3, 0.4) is 0 Å². The second kappa shape index (κ2) is 9.60. The van der Waals surface area contributed by atoms with Gasteiger partial charge in [-0.15, -0.1) is 0 Å². The molecule has 2 aromatic rings. The highest BCUT2D eigenvalue weighted by Gasteiger charge is 2.03. The molecule has 0 aliphatic rings. The van der Waals surface area contributed by atoms with Gasteiger partial charge >= 0.3 is 6.03 Å². The van der Waals surface area contributed by atoms with Gasteiger partial charge in [-0.1, -0.05) is 18.5 Å². The minimum atomic E-state index is -0.219. The van der Waals surface area contributed by atoms with Crippen LogP contribution in [0.25, 0.3) is 0 Å². The molecule has 0 radical (unpaired) electrons. The summed E-state index contributed by atoms with van der Waals surface area (Å²) in [5, 5.41) is 9.45. The van der Waals surface area contributed by atoms with E-state index in [1.165, 1.54) is 0 Å². The van der Waals surface area contributed by atoms with Gasteiger partial charge in [-0.3, -0.25) is 0 Å². The summed E-state index contributed by atoms with van der Waals surface area (Å²) >= 11 is 0. The molecule has 6 heteroatoms. The van der Waals surface area contributed by atoms with Crippen LogP contribution in [0.2, 0.25) is 0 Å². The number of hydrogen-bond donors (Lipinski definition) is 2. The third-order valence-corrected chi connectivity index (χ3v) is 3.44. The lowest BCUT2D eigenvalue weighted by Crippen LogP contribution is -2.29. The van der Waals surface area contributed by atoms with Crippen molar-refractivity contribution < 1.29 is 14.1 Å². The normalized spacial score (nSPS) is 10.4. The minimum absolute atomic E-state index is 0.219. The molecule has 24 heavy (non-hydrogen) atoms. The Kier molecular flexibility index (Phi) is 7.14. The number of carbonyl (C=O) groups excluding carboxylic acids is 1. The van der Waals surface area contributed by atoms with Gasteiger partial charge in [0.05, 0.1) is 12.3 Å². The SMILES string of the molecule is CCCCOc1ccc(NC(=O)NCCCc2cc(C)no2)cc1. The fourth-order valence-electron chi connectivity index (χ4n) is 2.14. The molecule has 2 rings (SSSR count). The second-order valence-electron chi connectivity index (χ2n) is 5.65. The van der Waals surface area contributed by atoms with E-state index in [2.05, 4.69) is 22.7 Å². The maximum absolute atomic E-state index is 11.8. The Balaban J connectivity index is 1.64. The van der Waals surface area contributed by atoms with Gasteiger partial charge in [-0.05, 0) is 44.0 Å². The van der Waals surface area contributed by atoms with Gasteiger partial charge in [0.15, 0.2) is 0 Å². The van der Waals surface area contributed by atoms with Crippen LogP contribution in [0, 0.1) is 6.92 Å². The van der Waals surface area contributed by atoms with E-state index in [-0.39, 0.29) is 6.03 Å². The lowest BCUT2D eigenvalue weighted by atomic mass is 10.2. The Hall–Kier alpha value is -2.50. The number of benzene rings is 1. The Morgan fingerprint density at radius 1 is 1.25 bits per heavy atom. The van der Waals surface area contributed by atoms with Crippen molar-refractivity contribution in [1.82, 2.24) is 10.5 Å². The molecular weight excluding hydrogens is 306 g/mol. The number of unbranched alkanes of at least 4 members (excludes halogenated alkanes) is 1.